The van der Waals surface area contributed by atoms with E-state index < -0.39 is 23.0 Å². The molecule has 0 aliphatic carbocycles. The Kier molecular flexibility index (Phi) is 7.27. The number of aromatic nitrogens is 1. The molecule has 9 heteroatoms. The predicted molar refractivity (Wildman–Crippen MR) is 130 cm³/mol. The van der Waals surface area contributed by atoms with Crippen molar-refractivity contribution in [1.29, 1.82) is 5.26 Å². The van der Waals surface area contributed by atoms with Gasteiger partial charge in [-0.15, -0.1) is 0 Å². The molecule has 0 bridgehead atoms. The predicted octanol–water partition coefficient (Wildman–Crippen LogP) is 4.23. The summed E-state index contributed by atoms with van der Waals surface area (Å²) in [6.07, 6.45) is 3.06. The Morgan fingerprint density at radius 2 is 1.85 bits per heavy atom. The molecular formula is C25H26ClFN4O3. The first-order chi connectivity index (χ1) is 15.9. The number of hydrogen-bond acceptors (Lipinski definition) is 4. The number of rotatable bonds is 4. The summed E-state index contributed by atoms with van der Waals surface area (Å²) >= 11 is 6.27. The molecule has 2 amide bonds. The number of carbonyl (C=O) groups excluding carboxylic acids is 2. The van der Waals surface area contributed by atoms with Gasteiger partial charge in [0.05, 0.1) is 5.69 Å². The van der Waals surface area contributed by atoms with Gasteiger partial charge < -0.3 is 14.8 Å². The highest BCUT2D eigenvalue weighted by atomic mass is 35.5. The van der Waals surface area contributed by atoms with Crippen molar-refractivity contribution in [3.8, 4) is 6.07 Å². The first-order valence-corrected chi connectivity index (χ1v) is 11.2. The number of pyridine rings is 1. The molecule has 1 saturated heterocycles. The molecule has 1 fully saturated rings. The number of nitrogens with one attached hydrogen (secondary N) is 1. The van der Waals surface area contributed by atoms with Gasteiger partial charge in [-0.3, -0.25) is 14.4 Å². The van der Waals surface area contributed by atoms with Crippen LogP contribution in [0.15, 0.2) is 34.6 Å². The van der Waals surface area contributed by atoms with E-state index in [4.69, 9.17) is 11.6 Å². The summed E-state index contributed by atoms with van der Waals surface area (Å²) in [5, 5.41) is 12.6. The third kappa shape index (κ3) is 5.54. The first-order valence-electron chi connectivity index (χ1n) is 10.8. The molecule has 1 aromatic carbocycles. The number of piperidine rings is 1. The molecule has 2 heterocycles. The molecule has 0 saturated carbocycles. The van der Waals surface area contributed by atoms with Crippen LogP contribution in [0.5, 0.6) is 0 Å². The quantitative estimate of drug-likeness (QED) is 0.702. The van der Waals surface area contributed by atoms with Crippen LogP contribution in [0.1, 0.15) is 53.9 Å². The van der Waals surface area contributed by atoms with Gasteiger partial charge in [0.25, 0.3) is 17.4 Å². The molecule has 1 N–H and O–H groups in total. The standard InChI is InChI=1S/C25H26ClFN4O3/c1-15-9-19(26)11-17(10-16-5-7-31(8-6-16)24(34)25(2,3)27)22(15)29-23(33)18-12-20(14-28)30(4)21(32)13-18/h9-13H,5-8H2,1-4H3,(H,29,33). The van der Waals surface area contributed by atoms with Gasteiger partial charge in [-0.1, -0.05) is 23.3 Å². The van der Waals surface area contributed by atoms with Crippen molar-refractivity contribution in [2.75, 3.05) is 18.4 Å². The second kappa shape index (κ2) is 9.82. The molecule has 1 aliphatic rings. The van der Waals surface area contributed by atoms with E-state index in [-0.39, 0.29) is 11.3 Å². The van der Waals surface area contributed by atoms with Crippen molar-refractivity contribution in [3.63, 3.8) is 0 Å². The molecule has 3 rings (SSSR count). The number of nitriles is 1. The number of carbonyl (C=O) groups is 2. The van der Waals surface area contributed by atoms with Crippen molar-refractivity contribution in [1.82, 2.24) is 9.47 Å². The summed E-state index contributed by atoms with van der Waals surface area (Å²) in [5.74, 6) is -1.05. The molecule has 0 unspecified atom stereocenters. The highest BCUT2D eigenvalue weighted by Crippen LogP contribution is 2.30. The summed E-state index contributed by atoms with van der Waals surface area (Å²) in [6, 6.07) is 7.89. The van der Waals surface area contributed by atoms with E-state index in [1.165, 1.54) is 42.5 Å². The molecule has 2 aromatic rings. The maximum absolute atomic E-state index is 14.0. The second-order valence-corrected chi connectivity index (χ2v) is 9.28. The van der Waals surface area contributed by atoms with Crippen LogP contribution in [0.4, 0.5) is 10.1 Å². The topological polar surface area (TPSA) is 95.2 Å². The third-order valence-electron chi connectivity index (χ3n) is 5.77. The molecule has 1 aromatic heterocycles. The molecule has 0 spiro atoms. The van der Waals surface area contributed by atoms with E-state index in [9.17, 15) is 24.0 Å². The lowest BCUT2D eigenvalue weighted by Crippen LogP contribution is -2.45. The van der Waals surface area contributed by atoms with Crippen LogP contribution < -0.4 is 10.9 Å². The Morgan fingerprint density at radius 3 is 2.44 bits per heavy atom. The zero-order valence-corrected chi connectivity index (χ0v) is 20.3. The van der Waals surface area contributed by atoms with E-state index in [2.05, 4.69) is 5.32 Å². The molecule has 34 heavy (non-hydrogen) atoms. The van der Waals surface area contributed by atoms with E-state index in [0.29, 0.717) is 42.2 Å². The van der Waals surface area contributed by atoms with Crippen molar-refractivity contribution in [3.05, 3.63) is 67.6 Å². The largest absolute Gasteiger partial charge is 0.339 e. The molecule has 7 nitrogen and oxygen atoms in total. The van der Waals surface area contributed by atoms with Gasteiger partial charge in [0.2, 0.25) is 0 Å². The fourth-order valence-electron chi connectivity index (χ4n) is 3.85. The lowest BCUT2D eigenvalue weighted by molar-refractivity contribution is -0.142. The van der Waals surface area contributed by atoms with Gasteiger partial charge in [0.1, 0.15) is 11.8 Å². The molecule has 1 aliphatic heterocycles. The van der Waals surface area contributed by atoms with Crippen LogP contribution in [0.2, 0.25) is 5.02 Å². The van der Waals surface area contributed by atoms with Gasteiger partial charge in [0.15, 0.2) is 5.67 Å². The lowest BCUT2D eigenvalue weighted by Gasteiger charge is -2.31. The number of benzene rings is 1. The first kappa shape index (κ1) is 25.2. The smallest absolute Gasteiger partial charge is 0.259 e. The number of anilines is 1. The van der Waals surface area contributed by atoms with Crippen molar-refractivity contribution < 1.29 is 14.0 Å². The van der Waals surface area contributed by atoms with Crippen LogP contribution in [-0.2, 0) is 11.8 Å². The van der Waals surface area contributed by atoms with Gasteiger partial charge >= 0.3 is 0 Å². The monoisotopic (exact) mass is 484 g/mol. The average molecular weight is 485 g/mol. The maximum Gasteiger partial charge on any atom is 0.259 e. The number of aryl methyl sites for hydroxylation is 1. The summed E-state index contributed by atoms with van der Waals surface area (Å²) < 4.78 is 15.2. The SMILES string of the molecule is Cc1cc(Cl)cc(C=C2CCN(C(=O)C(C)(C)F)CC2)c1NC(=O)c1cc(C#N)n(C)c(=O)c1. The van der Waals surface area contributed by atoms with Crippen LogP contribution >= 0.6 is 11.6 Å². The fourth-order valence-corrected chi connectivity index (χ4v) is 4.13. The van der Waals surface area contributed by atoms with Crippen molar-refractivity contribution in [2.45, 2.75) is 39.3 Å². The normalized spacial score (nSPS) is 13.9. The van der Waals surface area contributed by atoms with Gasteiger partial charge in [-0.25, -0.2) is 4.39 Å². The Bertz CT molecular complexity index is 1270. The van der Waals surface area contributed by atoms with Crippen LogP contribution in [-0.4, -0.2) is 40.0 Å². The van der Waals surface area contributed by atoms with Crippen molar-refractivity contribution >= 4 is 35.2 Å². The number of halogens is 2. The number of nitrogens with zero attached hydrogens (tertiary/aromatic N) is 3. The van der Waals surface area contributed by atoms with Crippen LogP contribution in [0.25, 0.3) is 6.08 Å². The van der Waals surface area contributed by atoms with Gasteiger partial charge in [-0.2, -0.15) is 5.26 Å². The van der Waals surface area contributed by atoms with E-state index in [1.54, 1.807) is 19.1 Å². The molecular weight excluding hydrogens is 459 g/mol. The minimum Gasteiger partial charge on any atom is -0.339 e. The second-order valence-electron chi connectivity index (χ2n) is 8.85. The minimum atomic E-state index is -1.91. The Morgan fingerprint density at radius 1 is 1.21 bits per heavy atom. The molecule has 178 valence electrons. The third-order valence-corrected chi connectivity index (χ3v) is 5.99. The molecule has 0 radical (unpaired) electrons. The van der Waals surface area contributed by atoms with E-state index in [1.807, 2.05) is 12.1 Å². The number of hydrogen-bond donors (Lipinski definition) is 1. The minimum absolute atomic E-state index is 0.0746. The summed E-state index contributed by atoms with van der Waals surface area (Å²) in [5.41, 5.74) is 0.762. The van der Waals surface area contributed by atoms with Gasteiger partial charge in [-0.05, 0) is 62.9 Å². The van der Waals surface area contributed by atoms with Crippen LogP contribution in [0.3, 0.4) is 0 Å². The zero-order chi connectivity index (χ0) is 25.2. The van der Waals surface area contributed by atoms with Gasteiger partial charge in [0, 0.05) is 36.8 Å². The number of alkyl halides is 1. The Labute approximate surface area is 202 Å². The molecule has 0 atom stereocenters. The van der Waals surface area contributed by atoms with Crippen molar-refractivity contribution in [2.24, 2.45) is 7.05 Å². The number of amides is 2. The number of likely N-dealkylation sites (tertiary alicyclic amines) is 1. The Balaban J connectivity index is 1.87. The summed E-state index contributed by atoms with van der Waals surface area (Å²) in [6.45, 7) is 5.13. The Hall–Kier alpha value is -3.44. The summed E-state index contributed by atoms with van der Waals surface area (Å²) in [7, 11) is 1.46. The maximum atomic E-state index is 14.0. The summed E-state index contributed by atoms with van der Waals surface area (Å²) in [4.78, 5) is 38.8. The van der Waals surface area contributed by atoms with Crippen LogP contribution in [0, 0.1) is 18.3 Å². The van der Waals surface area contributed by atoms with E-state index >= 15 is 0 Å². The zero-order valence-electron chi connectivity index (χ0n) is 19.5. The highest BCUT2D eigenvalue weighted by molar-refractivity contribution is 6.31. The highest BCUT2D eigenvalue weighted by Gasteiger charge is 2.32. The van der Waals surface area contributed by atoms with E-state index in [0.717, 1.165) is 11.1 Å². The lowest BCUT2D eigenvalue weighted by atomic mass is 9.97. The average Bonchev–Trinajstić information content (AvgIpc) is 2.77. The fraction of sp³-hybridized carbons (Fsp3) is 0.360.